The van der Waals surface area contributed by atoms with Gasteiger partial charge in [0.1, 0.15) is 4.21 Å². The second kappa shape index (κ2) is 10.1. The van der Waals surface area contributed by atoms with E-state index in [4.69, 9.17) is 11.6 Å². The van der Waals surface area contributed by atoms with Gasteiger partial charge in [-0.3, -0.25) is 9.59 Å². The van der Waals surface area contributed by atoms with Crippen LogP contribution in [0.2, 0.25) is 5.02 Å². The Morgan fingerprint density at radius 1 is 1.03 bits per heavy atom. The average molecular weight is 510 g/mol. The van der Waals surface area contributed by atoms with Crippen LogP contribution in [-0.4, -0.2) is 55.6 Å². The van der Waals surface area contributed by atoms with Gasteiger partial charge in [0.15, 0.2) is 0 Å². The van der Waals surface area contributed by atoms with Crippen LogP contribution in [0.4, 0.5) is 5.69 Å². The lowest BCUT2D eigenvalue weighted by Crippen LogP contribution is -2.41. The maximum absolute atomic E-state index is 13.1. The molecular weight excluding hydrogens is 482 g/mol. The first-order valence-corrected chi connectivity index (χ1v) is 13.9. The number of carbonyl (C=O) groups excluding carboxylic acids is 2. The molecule has 0 aliphatic carbocycles. The van der Waals surface area contributed by atoms with Crippen molar-refractivity contribution < 1.29 is 18.0 Å². The predicted octanol–water partition coefficient (Wildman–Crippen LogP) is 4.31. The van der Waals surface area contributed by atoms with E-state index in [9.17, 15) is 18.0 Å². The van der Waals surface area contributed by atoms with Gasteiger partial charge in [-0.1, -0.05) is 18.5 Å². The number of rotatable bonds is 5. The van der Waals surface area contributed by atoms with E-state index >= 15 is 0 Å². The Balaban J connectivity index is 1.35. The van der Waals surface area contributed by atoms with Crippen LogP contribution < -0.4 is 5.32 Å². The van der Waals surface area contributed by atoms with Crippen LogP contribution in [0.25, 0.3) is 0 Å². The fraction of sp³-hybridized carbons (Fsp3) is 0.478. The minimum Gasteiger partial charge on any atom is -0.339 e. The van der Waals surface area contributed by atoms with Gasteiger partial charge < -0.3 is 10.2 Å². The number of hydrogen-bond acceptors (Lipinski definition) is 5. The number of halogens is 1. The summed E-state index contributed by atoms with van der Waals surface area (Å²) in [6, 6.07) is 8.38. The molecule has 33 heavy (non-hydrogen) atoms. The molecule has 0 spiro atoms. The number of benzene rings is 1. The van der Waals surface area contributed by atoms with Crippen molar-refractivity contribution in [2.24, 2.45) is 11.8 Å². The standard InChI is InChI=1S/C23H28ClN3O4S2/c1-16-6-10-26(11-7-16)23(29)18-14-21(32-15-18)33(30,31)27-12-8-17(9-13-27)22(28)25-20-4-2-19(24)3-5-20/h2-5,14-17H,6-13H2,1H3,(H,25,28). The first kappa shape index (κ1) is 24.2. The van der Waals surface area contributed by atoms with E-state index in [1.54, 1.807) is 29.6 Å². The Morgan fingerprint density at radius 3 is 2.30 bits per heavy atom. The van der Waals surface area contributed by atoms with Crippen molar-refractivity contribution in [1.29, 1.82) is 0 Å². The predicted molar refractivity (Wildman–Crippen MR) is 130 cm³/mol. The molecule has 0 saturated carbocycles. The van der Waals surface area contributed by atoms with E-state index < -0.39 is 10.0 Å². The molecule has 1 N–H and O–H groups in total. The summed E-state index contributed by atoms with van der Waals surface area (Å²) in [6.07, 6.45) is 2.84. The second-order valence-electron chi connectivity index (χ2n) is 8.80. The summed E-state index contributed by atoms with van der Waals surface area (Å²) in [6.45, 7) is 4.15. The monoisotopic (exact) mass is 509 g/mol. The molecule has 2 amide bonds. The molecule has 7 nitrogen and oxygen atoms in total. The molecule has 2 saturated heterocycles. The Bertz CT molecular complexity index is 1100. The number of hydrogen-bond donors (Lipinski definition) is 1. The van der Waals surface area contributed by atoms with Gasteiger partial charge in [0.05, 0.1) is 5.56 Å². The molecule has 2 aliphatic heterocycles. The maximum Gasteiger partial charge on any atom is 0.254 e. The maximum atomic E-state index is 13.1. The van der Waals surface area contributed by atoms with Gasteiger partial charge in [0.2, 0.25) is 5.91 Å². The summed E-state index contributed by atoms with van der Waals surface area (Å²) >= 11 is 6.96. The zero-order chi connectivity index (χ0) is 23.6. The van der Waals surface area contributed by atoms with Crippen molar-refractivity contribution in [3.8, 4) is 0 Å². The molecule has 3 heterocycles. The number of amides is 2. The molecule has 0 atom stereocenters. The van der Waals surface area contributed by atoms with Gasteiger partial charge in [0, 0.05) is 48.2 Å². The van der Waals surface area contributed by atoms with Crippen molar-refractivity contribution in [1.82, 2.24) is 9.21 Å². The number of likely N-dealkylation sites (tertiary alicyclic amines) is 1. The van der Waals surface area contributed by atoms with Gasteiger partial charge in [-0.25, -0.2) is 8.42 Å². The van der Waals surface area contributed by atoms with Crippen LogP contribution in [-0.2, 0) is 14.8 Å². The highest BCUT2D eigenvalue weighted by atomic mass is 35.5. The van der Waals surface area contributed by atoms with E-state index in [2.05, 4.69) is 12.2 Å². The minimum absolute atomic E-state index is 0.0998. The Labute approximate surface area is 203 Å². The minimum atomic E-state index is -3.69. The largest absolute Gasteiger partial charge is 0.339 e. The van der Waals surface area contributed by atoms with Gasteiger partial charge >= 0.3 is 0 Å². The summed E-state index contributed by atoms with van der Waals surface area (Å²) in [4.78, 5) is 27.2. The number of piperidine rings is 2. The molecule has 1 aromatic carbocycles. The van der Waals surface area contributed by atoms with Gasteiger partial charge in [-0.15, -0.1) is 11.3 Å². The van der Waals surface area contributed by atoms with Crippen LogP contribution in [0.3, 0.4) is 0 Å². The van der Waals surface area contributed by atoms with E-state index in [0.29, 0.717) is 48.1 Å². The number of nitrogens with one attached hydrogen (secondary N) is 1. The summed E-state index contributed by atoms with van der Waals surface area (Å²) in [5.41, 5.74) is 1.10. The summed E-state index contributed by atoms with van der Waals surface area (Å²) < 4.78 is 27.9. The zero-order valence-electron chi connectivity index (χ0n) is 18.5. The van der Waals surface area contributed by atoms with Gasteiger partial charge in [0.25, 0.3) is 15.9 Å². The third-order valence-corrected chi connectivity index (χ3v) is 9.99. The van der Waals surface area contributed by atoms with Crippen molar-refractivity contribution in [3.63, 3.8) is 0 Å². The molecule has 0 radical (unpaired) electrons. The lowest BCUT2D eigenvalue weighted by atomic mass is 9.97. The van der Waals surface area contributed by atoms with Crippen molar-refractivity contribution in [2.75, 3.05) is 31.5 Å². The molecule has 2 fully saturated rings. The topological polar surface area (TPSA) is 86.8 Å². The SMILES string of the molecule is CC1CCN(C(=O)c2csc(S(=O)(=O)N3CCC(C(=O)Nc4ccc(Cl)cc4)CC3)c2)CC1. The van der Waals surface area contributed by atoms with Crippen molar-refractivity contribution in [2.45, 2.75) is 36.8 Å². The number of sulfonamides is 1. The highest BCUT2D eigenvalue weighted by Crippen LogP contribution is 2.29. The highest BCUT2D eigenvalue weighted by Gasteiger charge is 2.33. The Hall–Kier alpha value is -1.94. The fourth-order valence-corrected chi connectivity index (χ4v) is 7.12. The lowest BCUT2D eigenvalue weighted by molar-refractivity contribution is -0.120. The smallest absolute Gasteiger partial charge is 0.254 e. The van der Waals surface area contributed by atoms with Gasteiger partial charge in [-0.05, 0) is 61.9 Å². The van der Waals surface area contributed by atoms with Crippen LogP contribution in [0.5, 0.6) is 0 Å². The first-order valence-electron chi connectivity index (χ1n) is 11.2. The Kier molecular flexibility index (Phi) is 7.43. The molecule has 4 rings (SSSR count). The zero-order valence-corrected chi connectivity index (χ0v) is 20.9. The number of carbonyl (C=O) groups is 2. The summed E-state index contributed by atoms with van der Waals surface area (Å²) in [5, 5.41) is 5.10. The fourth-order valence-electron chi connectivity index (χ4n) is 4.22. The molecular formula is C23H28ClN3O4S2. The van der Waals surface area contributed by atoms with Crippen LogP contribution >= 0.6 is 22.9 Å². The molecule has 0 unspecified atom stereocenters. The number of anilines is 1. The third kappa shape index (κ3) is 5.59. The lowest BCUT2D eigenvalue weighted by Gasteiger charge is -2.30. The molecule has 0 bridgehead atoms. The quantitative estimate of drug-likeness (QED) is 0.650. The number of nitrogens with zero attached hydrogens (tertiary/aromatic N) is 2. The van der Waals surface area contributed by atoms with E-state index in [1.807, 2.05) is 4.90 Å². The third-order valence-electron chi connectivity index (χ3n) is 6.42. The van der Waals surface area contributed by atoms with E-state index in [-0.39, 0.29) is 35.0 Å². The normalized spacial score (nSPS) is 18.9. The number of thiophene rings is 1. The first-order chi connectivity index (χ1) is 15.7. The second-order valence-corrected chi connectivity index (χ2v) is 12.3. The molecule has 10 heteroatoms. The van der Waals surface area contributed by atoms with Crippen molar-refractivity contribution >= 4 is 50.5 Å². The molecule has 178 valence electrons. The molecule has 1 aromatic heterocycles. The highest BCUT2D eigenvalue weighted by molar-refractivity contribution is 7.91. The van der Waals surface area contributed by atoms with Crippen LogP contribution in [0, 0.1) is 11.8 Å². The average Bonchev–Trinajstić information content (AvgIpc) is 3.32. The summed E-state index contributed by atoms with van der Waals surface area (Å²) in [5.74, 6) is 0.143. The van der Waals surface area contributed by atoms with E-state index in [0.717, 1.165) is 24.2 Å². The van der Waals surface area contributed by atoms with Crippen LogP contribution in [0.1, 0.15) is 43.0 Å². The van der Waals surface area contributed by atoms with Crippen molar-refractivity contribution in [3.05, 3.63) is 46.3 Å². The molecule has 2 aliphatic rings. The summed E-state index contributed by atoms with van der Waals surface area (Å²) in [7, 11) is -3.69. The van der Waals surface area contributed by atoms with E-state index in [1.165, 1.54) is 10.4 Å². The Morgan fingerprint density at radius 2 is 1.67 bits per heavy atom. The molecule has 2 aromatic rings. The van der Waals surface area contributed by atoms with Crippen LogP contribution in [0.15, 0.2) is 39.9 Å². The van der Waals surface area contributed by atoms with Gasteiger partial charge in [-0.2, -0.15) is 4.31 Å².